The van der Waals surface area contributed by atoms with E-state index in [1.165, 1.54) is 64.3 Å². The maximum Gasteiger partial charge on any atom is 0.138 e. The Morgan fingerprint density at radius 2 is 1.69 bits per heavy atom. The molecule has 1 fully saturated rings. The van der Waals surface area contributed by atoms with Crippen molar-refractivity contribution in [3.63, 3.8) is 0 Å². The summed E-state index contributed by atoms with van der Waals surface area (Å²) < 4.78 is 0. The lowest BCUT2D eigenvalue weighted by molar-refractivity contribution is 0.244. The molecule has 1 aromatic heterocycles. The van der Waals surface area contributed by atoms with Gasteiger partial charge in [0.2, 0.25) is 0 Å². The summed E-state index contributed by atoms with van der Waals surface area (Å²) in [5, 5.41) is 0. The molecule has 10 rings (SSSR count). The van der Waals surface area contributed by atoms with Crippen molar-refractivity contribution in [3.8, 4) is 0 Å². The zero-order chi connectivity index (χ0) is 39.8. The van der Waals surface area contributed by atoms with Gasteiger partial charge in [0.15, 0.2) is 0 Å². The second-order valence-corrected chi connectivity index (χ2v) is 17.7. The molecule has 0 bridgehead atoms. The number of allylic oxidation sites excluding steroid dienone is 15. The van der Waals surface area contributed by atoms with E-state index in [9.17, 15) is 0 Å². The molecule has 1 saturated carbocycles. The van der Waals surface area contributed by atoms with Crippen LogP contribution in [-0.4, -0.2) is 45.2 Å². The molecule has 1 N–H and O–H groups in total. The van der Waals surface area contributed by atoms with Crippen molar-refractivity contribution >= 4 is 28.0 Å². The van der Waals surface area contributed by atoms with Gasteiger partial charge in [-0.05, 0) is 125 Å². The molecule has 0 saturated heterocycles. The maximum absolute atomic E-state index is 5.16. The van der Waals surface area contributed by atoms with E-state index >= 15 is 0 Å². The lowest BCUT2D eigenvalue weighted by atomic mass is 9.85. The van der Waals surface area contributed by atoms with E-state index in [1.54, 1.807) is 0 Å². The van der Waals surface area contributed by atoms with E-state index in [2.05, 4.69) is 174 Å². The van der Waals surface area contributed by atoms with E-state index in [-0.39, 0.29) is 11.5 Å². The number of fused-ring (bicyclic) bond motifs is 2. The Bertz CT molecular complexity index is 2420. The minimum Gasteiger partial charge on any atom is -0.367 e. The van der Waals surface area contributed by atoms with Gasteiger partial charge in [-0.2, -0.15) is 0 Å². The van der Waals surface area contributed by atoms with Crippen molar-refractivity contribution in [1.82, 2.24) is 14.9 Å². The van der Waals surface area contributed by atoms with Crippen LogP contribution < -0.4 is 4.90 Å². The van der Waals surface area contributed by atoms with E-state index in [0.717, 1.165) is 61.9 Å². The third-order valence-corrected chi connectivity index (χ3v) is 13.9. The molecule has 2 aromatic carbocycles. The van der Waals surface area contributed by atoms with Gasteiger partial charge in [0.05, 0.1) is 23.1 Å². The van der Waals surface area contributed by atoms with Gasteiger partial charge in [-0.1, -0.05) is 121 Å². The smallest absolute Gasteiger partial charge is 0.138 e. The summed E-state index contributed by atoms with van der Waals surface area (Å²) in [5.74, 6) is 2.07. The summed E-state index contributed by atoms with van der Waals surface area (Å²) in [7, 11) is 0. The standard InChI is InChI=1S/C54H57N5/c1-38-13-5-3-8-18-50(38)55-39(2)41-21-27-45(28-22-41)58(37-40-14-9-10-15-40)49-33-34-54(36-44(54)35-49)43-25-31-48(32-26-43)59(46-16-6-4-7-17-46)47-29-23-42(24-30-47)53-56-51-19-11-12-20-52(51)57-53/h4-7,9-16,19-21,23-27,29,31-34,40,44,46-47,49H,3,8,17-18,22,28,30,35-37H2,1-2H3,(H,56,57)/t44-,46?,47?,49+,54?/m0/s1. The van der Waals surface area contributed by atoms with Gasteiger partial charge >= 0.3 is 0 Å². The zero-order valence-corrected chi connectivity index (χ0v) is 34.7. The average molecular weight is 776 g/mol. The molecule has 0 aliphatic heterocycles. The van der Waals surface area contributed by atoms with Crippen molar-refractivity contribution in [2.75, 3.05) is 11.4 Å². The van der Waals surface area contributed by atoms with Crippen LogP contribution in [0, 0.1) is 11.8 Å². The van der Waals surface area contributed by atoms with Crippen molar-refractivity contribution in [3.05, 3.63) is 186 Å². The second kappa shape index (κ2) is 16.2. The predicted molar refractivity (Wildman–Crippen MR) is 247 cm³/mol. The second-order valence-electron chi connectivity index (χ2n) is 17.7. The number of para-hydroxylation sites is 2. The number of hydrogen-bond donors (Lipinski definition) is 1. The Kier molecular flexibility index (Phi) is 10.3. The first-order chi connectivity index (χ1) is 29.0. The van der Waals surface area contributed by atoms with Gasteiger partial charge < -0.3 is 14.8 Å². The number of anilines is 1. The highest BCUT2D eigenvalue weighted by atomic mass is 15.2. The van der Waals surface area contributed by atoms with Crippen LogP contribution in [0.25, 0.3) is 16.6 Å². The Morgan fingerprint density at radius 3 is 2.46 bits per heavy atom. The molecule has 3 unspecified atom stereocenters. The van der Waals surface area contributed by atoms with Crippen molar-refractivity contribution in [2.24, 2.45) is 16.8 Å². The van der Waals surface area contributed by atoms with E-state index in [1.807, 2.05) is 6.07 Å². The molecule has 7 aliphatic rings. The topological polar surface area (TPSA) is 47.5 Å². The monoisotopic (exact) mass is 775 g/mol. The number of aromatic nitrogens is 2. The third kappa shape index (κ3) is 7.68. The number of rotatable bonds is 11. The lowest BCUT2D eigenvalue weighted by Gasteiger charge is -2.39. The van der Waals surface area contributed by atoms with Crippen molar-refractivity contribution < 1.29 is 0 Å². The number of hydrogen-bond acceptors (Lipinski definition) is 4. The summed E-state index contributed by atoms with van der Waals surface area (Å²) in [5.41, 5.74) is 12.8. The highest BCUT2D eigenvalue weighted by Crippen LogP contribution is 2.60. The molecule has 0 spiro atoms. The molecule has 0 amide bonds. The van der Waals surface area contributed by atoms with Crippen LogP contribution in [0.2, 0.25) is 0 Å². The van der Waals surface area contributed by atoms with E-state index in [4.69, 9.17) is 9.98 Å². The van der Waals surface area contributed by atoms with Gasteiger partial charge in [0, 0.05) is 52.3 Å². The highest BCUT2D eigenvalue weighted by Gasteiger charge is 2.56. The Balaban J connectivity index is 0.860. The number of benzene rings is 2. The summed E-state index contributed by atoms with van der Waals surface area (Å²) in [4.78, 5) is 18.9. The normalized spacial score (nSPS) is 27.5. The Hall–Kier alpha value is -5.68. The molecule has 3 aromatic rings. The van der Waals surface area contributed by atoms with Gasteiger partial charge in [-0.3, -0.25) is 4.99 Å². The number of H-pyrrole nitrogens is 1. The fraction of sp³-hybridized carbons (Fsp3) is 0.333. The van der Waals surface area contributed by atoms with Gasteiger partial charge in [-0.25, -0.2) is 4.98 Å². The first-order valence-electron chi connectivity index (χ1n) is 22.2. The number of imidazole rings is 1. The Morgan fingerprint density at radius 1 is 0.847 bits per heavy atom. The SMILES string of the molecule is CC(=NC1=C(C)C=CCCC1)C1=CC=C(N(CC2C=CC=C2)[C@@H]2C=CC3(c4ccc(N(C5C=CC=CC5)C5C=CC(c6nc7ccccc7[nH]6)=CC5)cc4)C[C@@H]3C2)CC1. The largest absolute Gasteiger partial charge is 0.367 e. The fourth-order valence-electron chi connectivity index (χ4n) is 10.4. The van der Waals surface area contributed by atoms with E-state index < -0.39 is 0 Å². The lowest BCUT2D eigenvalue weighted by Crippen LogP contribution is -2.42. The molecule has 59 heavy (non-hydrogen) atoms. The van der Waals surface area contributed by atoms with Crippen LogP contribution in [0.3, 0.4) is 0 Å². The summed E-state index contributed by atoms with van der Waals surface area (Å²) in [6.07, 6.45) is 49.6. The average Bonchev–Trinajstić information content (AvgIpc) is 3.60. The van der Waals surface area contributed by atoms with Gasteiger partial charge in [0.25, 0.3) is 0 Å². The van der Waals surface area contributed by atoms with Crippen LogP contribution in [0.1, 0.15) is 83.0 Å². The molecule has 7 aliphatic carbocycles. The molecule has 1 heterocycles. The first-order valence-corrected chi connectivity index (χ1v) is 22.2. The number of aromatic amines is 1. The first kappa shape index (κ1) is 37.6. The molecule has 0 radical (unpaired) electrons. The molecular weight excluding hydrogens is 719 g/mol. The van der Waals surface area contributed by atoms with E-state index in [0.29, 0.717) is 23.9 Å². The Labute approximate surface area is 350 Å². The minimum atomic E-state index is 0.155. The predicted octanol–water partition coefficient (Wildman–Crippen LogP) is 12.4. The molecule has 5 atom stereocenters. The van der Waals surface area contributed by atoms with Gasteiger partial charge in [-0.15, -0.1) is 0 Å². The molecular formula is C54H57N5. The summed E-state index contributed by atoms with van der Waals surface area (Å²) >= 11 is 0. The summed E-state index contributed by atoms with van der Waals surface area (Å²) in [6, 6.07) is 18.9. The quantitative estimate of drug-likeness (QED) is 0.156. The van der Waals surface area contributed by atoms with Crippen LogP contribution in [0.15, 0.2) is 179 Å². The molecule has 5 heteroatoms. The fourth-order valence-corrected chi connectivity index (χ4v) is 10.4. The number of aliphatic imine (C=N–C) groups is 1. The molecule has 5 nitrogen and oxygen atoms in total. The molecule has 298 valence electrons. The van der Waals surface area contributed by atoms with Crippen LogP contribution in [0.5, 0.6) is 0 Å². The van der Waals surface area contributed by atoms with Gasteiger partial charge in [0.1, 0.15) is 5.82 Å². The number of nitrogens with one attached hydrogen (secondary N) is 1. The number of nitrogens with zero attached hydrogens (tertiary/aromatic N) is 4. The van der Waals surface area contributed by atoms with Crippen molar-refractivity contribution in [1.29, 1.82) is 0 Å². The third-order valence-electron chi connectivity index (χ3n) is 13.9. The van der Waals surface area contributed by atoms with Crippen molar-refractivity contribution in [2.45, 2.75) is 95.2 Å². The van der Waals surface area contributed by atoms with Crippen LogP contribution >= 0.6 is 0 Å². The summed E-state index contributed by atoms with van der Waals surface area (Å²) in [6.45, 7) is 5.45. The van der Waals surface area contributed by atoms with Crippen LogP contribution in [0.4, 0.5) is 5.69 Å². The van der Waals surface area contributed by atoms with Crippen LogP contribution in [-0.2, 0) is 5.41 Å². The minimum absolute atomic E-state index is 0.155. The zero-order valence-electron chi connectivity index (χ0n) is 34.7. The highest BCUT2D eigenvalue weighted by molar-refractivity contribution is 5.99. The maximum atomic E-state index is 5.16.